The molecule has 0 bridgehead atoms. The number of aromatic nitrogens is 2. The lowest BCUT2D eigenvalue weighted by molar-refractivity contribution is -0.144. The molecule has 2 aromatic heterocycles. The van der Waals surface area contributed by atoms with Gasteiger partial charge in [-0.3, -0.25) is 9.59 Å². The molecule has 0 aliphatic rings. The molecule has 0 atom stereocenters. The molecule has 7 rings (SSSR count). The zero-order valence-corrected chi connectivity index (χ0v) is 39.3. The Balaban J connectivity index is 1.14. The number of benzene rings is 5. The van der Waals surface area contributed by atoms with Crippen molar-refractivity contribution < 1.29 is 56.4 Å². The molecule has 0 aliphatic carbocycles. The summed E-state index contributed by atoms with van der Waals surface area (Å²) in [4.78, 5) is 51.1. The van der Waals surface area contributed by atoms with E-state index in [2.05, 4.69) is 12.2 Å². The van der Waals surface area contributed by atoms with E-state index in [0.29, 0.717) is 28.8 Å². The number of carboxylic acids is 1. The zero-order valence-electron chi connectivity index (χ0n) is 38.5. The van der Waals surface area contributed by atoms with Crippen LogP contribution < -0.4 is 20.4 Å². The number of phenols is 1. The third kappa shape index (κ3) is 12.1. The molecule has 2 heterocycles. The molecule has 0 saturated carbocycles. The first kappa shape index (κ1) is 50.5. The molecule has 17 heteroatoms. The van der Waals surface area contributed by atoms with Crippen molar-refractivity contribution in [2.45, 2.75) is 97.3 Å². The predicted molar refractivity (Wildman–Crippen MR) is 259 cm³/mol. The fraction of sp³-hybridized carbons (Fsp3) is 0.302. The first-order valence-corrected chi connectivity index (χ1v) is 23.4. The van der Waals surface area contributed by atoms with Gasteiger partial charge in [0.1, 0.15) is 29.4 Å². The number of carboxylic acid groups (broad SMARTS) is 1. The van der Waals surface area contributed by atoms with Crippen LogP contribution in [0.2, 0.25) is 5.02 Å². The Morgan fingerprint density at radius 2 is 1.44 bits per heavy atom. The van der Waals surface area contributed by atoms with Crippen molar-refractivity contribution in [3.8, 4) is 28.8 Å². The van der Waals surface area contributed by atoms with Crippen molar-refractivity contribution in [2.75, 3.05) is 11.9 Å². The van der Waals surface area contributed by atoms with Crippen molar-refractivity contribution >= 4 is 56.9 Å². The van der Waals surface area contributed by atoms with E-state index >= 15 is 0 Å². The Morgan fingerprint density at radius 3 is 2.10 bits per heavy atom. The van der Waals surface area contributed by atoms with Gasteiger partial charge in [0.2, 0.25) is 5.88 Å². The number of fused-ring (bicyclic) bond motifs is 2. The minimum absolute atomic E-state index is 0.0104. The lowest BCUT2D eigenvalue weighted by atomic mass is 10.0. The van der Waals surface area contributed by atoms with E-state index in [1.807, 2.05) is 0 Å². The lowest BCUT2D eigenvalue weighted by Gasteiger charge is -2.17. The van der Waals surface area contributed by atoms with Crippen LogP contribution in [0.5, 0.6) is 23.1 Å². The van der Waals surface area contributed by atoms with E-state index in [0.717, 1.165) is 37.8 Å². The highest BCUT2D eigenvalue weighted by molar-refractivity contribution is 6.32. The highest BCUT2D eigenvalue weighted by atomic mass is 35.5. The van der Waals surface area contributed by atoms with Gasteiger partial charge in [-0.15, -0.1) is 0 Å². The number of aromatic carboxylic acids is 1. The largest absolute Gasteiger partial charge is 0.506 e. The number of unbranched alkanes of at least 4 members (excludes halogenated alkanes) is 9. The van der Waals surface area contributed by atoms with E-state index in [1.165, 1.54) is 67.1 Å². The second-order valence-corrected chi connectivity index (χ2v) is 17.2. The number of hydrogen-bond acceptors (Lipinski definition) is 10. The minimum Gasteiger partial charge on any atom is -0.506 e. The molecular formula is C53H51ClF3N3O10. The van der Waals surface area contributed by atoms with Crippen molar-refractivity contribution in [3.63, 3.8) is 0 Å². The number of amides is 1. The summed E-state index contributed by atoms with van der Waals surface area (Å²) in [7, 11) is 0. The third-order valence-electron chi connectivity index (χ3n) is 11.7. The van der Waals surface area contributed by atoms with Gasteiger partial charge in [-0.05, 0) is 61.9 Å². The number of aryl methyl sites for hydroxylation is 1. The summed E-state index contributed by atoms with van der Waals surface area (Å²) in [6, 6.07) is 24.4. The maximum atomic E-state index is 14.8. The number of nitrogens with zero attached hydrogens (tertiary/aromatic N) is 2. The summed E-state index contributed by atoms with van der Waals surface area (Å²) in [6.45, 7) is 3.52. The summed E-state index contributed by atoms with van der Waals surface area (Å²) in [5, 5.41) is 27.9. The molecule has 3 N–H and O–H groups in total. The number of anilines is 1. The molecule has 0 spiro atoms. The maximum Gasteiger partial charge on any atom is 0.417 e. The number of para-hydroxylation sites is 1. The van der Waals surface area contributed by atoms with Crippen LogP contribution >= 0.6 is 11.6 Å². The van der Waals surface area contributed by atoms with Gasteiger partial charge in [-0.1, -0.05) is 119 Å². The summed E-state index contributed by atoms with van der Waals surface area (Å²) in [6.07, 6.45) is 4.47. The number of alkyl halides is 3. The SMILES string of the molecule is CCCCCCCCCCCCOC(=O)Cc1c(C(F)(F)F)c2cc(Cl)c(OCc3c(C)nn(-c4ccccc4)c3Oc3cc(C(=O)Nc4ccc(C(=O)O)cc4)c(O)c4ccccc34)cc2oc1=O. The zero-order chi connectivity index (χ0) is 50.0. The first-order chi connectivity index (χ1) is 33.6. The lowest BCUT2D eigenvalue weighted by Crippen LogP contribution is -2.22. The second-order valence-electron chi connectivity index (χ2n) is 16.8. The molecule has 5 aromatic carbocycles. The van der Waals surface area contributed by atoms with Crippen molar-refractivity contribution in [2.24, 2.45) is 0 Å². The molecular weight excluding hydrogens is 931 g/mol. The van der Waals surface area contributed by atoms with Crippen molar-refractivity contribution in [1.29, 1.82) is 0 Å². The number of ether oxygens (including phenoxy) is 3. The van der Waals surface area contributed by atoms with E-state index in [-0.39, 0.29) is 63.6 Å². The number of nitrogens with one attached hydrogen (secondary N) is 1. The number of carbonyl (C=O) groups excluding carboxylic acids is 2. The Kier molecular flexibility index (Phi) is 16.5. The predicted octanol–water partition coefficient (Wildman–Crippen LogP) is 13.1. The topological polar surface area (TPSA) is 179 Å². The Morgan fingerprint density at radius 1 is 0.800 bits per heavy atom. The van der Waals surface area contributed by atoms with Gasteiger partial charge in [0.15, 0.2) is 0 Å². The Labute approximate surface area is 405 Å². The van der Waals surface area contributed by atoms with Crippen LogP contribution in [-0.2, 0) is 28.7 Å². The molecule has 13 nitrogen and oxygen atoms in total. The van der Waals surface area contributed by atoms with Crippen molar-refractivity contribution in [3.05, 3.63) is 146 Å². The van der Waals surface area contributed by atoms with E-state index in [1.54, 1.807) is 61.5 Å². The normalized spacial score (nSPS) is 11.5. The van der Waals surface area contributed by atoms with Crippen LogP contribution in [0.1, 0.15) is 114 Å². The number of aromatic hydroxyl groups is 1. The van der Waals surface area contributed by atoms with Crippen LogP contribution in [0.3, 0.4) is 0 Å². The average molecular weight is 982 g/mol. The van der Waals surface area contributed by atoms with Crippen LogP contribution in [0, 0.1) is 6.92 Å². The van der Waals surface area contributed by atoms with Crippen LogP contribution in [0.4, 0.5) is 18.9 Å². The van der Waals surface area contributed by atoms with Crippen LogP contribution in [0.25, 0.3) is 27.4 Å². The number of halogens is 4. The third-order valence-corrected chi connectivity index (χ3v) is 12.0. The highest BCUT2D eigenvalue weighted by Crippen LogP contribution is 2.43. The fourth-order valence-corrected chi connectivity index (χ4v) is 8.31. The summed E-state index contributed by atoms with van der Waals surface area (Å²) in [5.41, 5.74) is -2.75. The summed E-state index contributed by atoms with van der Waals surface area (Å²) in [5.74, 6) is -3.16. The Bertz CT molecular complexity index is 3060. The van der Waals surface area contributed by atoms with E-state index < -0.39 is 58.2 Å². The van der Waals surface area contributed by atoms with E-state index in [4.69, 9.17) is 35.3 Å². The first-order valence-electron chi connectivity index (χ1n) is 23.0. The minimum atomic E-state index is -5.09. The van der Waals surface area contributed by atoms with E-state index in [9.17, 15) is 42.6 Å². The van der Waals surface area contributed by atoms with Crippen molar-refractivity contribution in [1.82, 2.24) is 9.78 Å². The number of hydrogen-bond donors (Lipinski definition) is 3. The quantitative estimate of drug-likeness (QED) is 0.0334. The Hall–Kier alpha value is -7.33. The van der Waals surface area contributed by atoms with Gasteiger partial charge in [0.25, 0.3) is 5.91 Å². The monoisotopic (exact) mass is 981 g/mol. The van der Waals surface area contributed by atoms with Gasteiger partial charge in [0.05, 0.1) is 57.2 Å². The number of rotatable bonds is 22. The molecule has 0 radical (unpaired) electrons. The molecule has 70 heavy (non-hydrogen) atoms. The van der Waals surface area contributed by atoms with Gasteiger partial charge in [0, 0.05) is 27.9 Å². The smallest absolute Gasteiger partial charge is 0.417 e. The average Bonchev–Trinajstić information content (AvgIpc) is 3.64. The molecule has 7 aromatic rings. The molecule has 0 fully saturated rings. The van der Waals surface area contributed by atoms with Crippen LogP contribution in [-0.4, -0.2) is 44.4 Å². The second kappa shape index (κ2) is 22.9. The number of phenolic OH excluding ortho intramolecular Hbond substituents is 1. The molecule has 0 unspecified atom stereocenters. The molecule has 1 amide bonds. The molecule has 0 aliphatic heterocycles. The number of carbonyl (C=O) groups is 3. The molecule has 0 saturated heterocycles. The highest BCUT2D eigenvalue weighted by Gasteiger charge is 2.39. The fourth-order valence-electron chi connectivity index (χ4n) is 8.09. The molecule has 366 valence electrons. The maximum absolute atomic E-state index is 14.8. The van der Waals surface area contributed by atoms with Gasteiger partial charge in [-0.2, -0.15) is 18.3 Å². The van der Waals surface area contributed by atoms with Gasteiger partial charge < -0.3 is 34.2 Å². The van der Waals surface area contributed by atoms with Crippen LogP contribution in [0.15, 0.2) is 106 Å². The summed E-state index contributed by atoms with van der Waals surface area (Å²) >= 11 is 6.62. The van der Waals surface area contributed by atoms with Gasteiger partial charge in [-0.25, -0.2) is 14.3 Å². The summed E-state index contributed by atoms with van der Waals surface area (Å²) < 4.78 is 69.3. The van der Waals surface area contributed by atoms with Gasteiger partial charge >= 0.3 is 23.7 Å². The number of esters is 1. The standard InChI is InChI=1S/C53H51ClF3N3O10/c1-3-4-5-6-7-8-9-10-11-17-26-67-46(61)29-39-47(53(55,56)57)38-27-42(54)45(30-44(38)70-52(39)66)68-31-41-32(2)59-60(35-18-13-12-14-19-35)50(41)69-43-28-40(48(62)37-21-16-15-20-36(37)43)49(63)58-34-24-22-33(23-25-34)51(64)65/h12-16,18-25,27-28,30,62H,3-11,17,26,29,31H2,1-2H3,(H,58,63)(H,64,65).